The number of H-pyrrole nitrogens is 1. The normalized spacial score (nSPS) is 9.25. The Labute approximate surface area is 113 Å². The summed E-state index contributed by atoms with van der Waals surface area (Å²) in [5.74, 6) is 0. The minimum atomic E-state index is -0.731. The number of nitrogens with zero attached hydrogens (tertiary/aromatic N) is 2. The minimum absolute atomic E-state index is 0. The summed E-state index contributed by atoms with van der Waals surface area (Å²) >= 11 is 0. The third-order valence-corrected chi connectivity index (χ3v) is 1.79. The number of aromatic nitrogens is 3. The fraction of sp³-hybridized carbons (Fsp3) is 0.222. The molecule has 0 bridgehead atoms. The first kappa shape index (κ1) is 14.9. The van der Waals surface area contributed by atoms with E-state index in [0.29, 0.717) is 0 Å². The molecule has 6 nitrogen and oxygen atoms in total. The molecule has 0 spiro atoms. The molecule has 0 saturated carbocycles. The van der Waals surface area contributed by atoms with Crippen molar-refractivity contribution in [2.24, 2.45) is 0 Å². The molecule has 16 heavy (non-hydrogen) atoms. The second kappa shape index (κ2) is 6.47. The number of allylic oxidation sites excluding steroid dienone is 2. The second-order valence-corrected chi connectivity index (χ2v) is 2.82. The summed E-state index contributed by atoms with van der Waals surface area (Å²) in [5.41, 5.74) is -2.13. The van der Waals surface area contributed by atoms with Crippen LogP contribution in [-0.2, 0) is 13.1 Å². The van der Waals surface area contributed by atoms with E-state index in [2.05, 4.69) is 13.2 Å². The van der Waals surface area contributed by atoms with Crippen molar-refractivity contribution < 1.29 is 0 Å². The SMILES string of the molecule is C=CCn1c(=O)[nH]c(=O)n(CC=C)c1=O.[NaH]. The molecule has 0 aliphatic carbocycles. The number of hydrogen-bond acceptors (Lipinski definition) is 3. The van der Waals surface area contributed by atoms with E-state index in [1.165, 1.54) is 12.2 Å². The molecular weight excluding hydrogens is 221 g/mol. The van der Waals surface area contributed by atoms with Crippen LogP contribution in [0, 0.1) is 0 Å². The van der Waals surface area contributed by atoms with Gasteiger partial charge in [0, 0.05) is 0 Å². The van der Waals surface area contributed by atoms with Gasteiger partial charge in [-0.15, -0.1) is 13.2 Å². The summed E-state index contributed by atoms with van der Waals surface area (Å²) in [4.78, 5) is 36.1. The first-order chi connectivity index (χ1) is 7.11. The predicted octanol–water partition coefficient (Wildman–Crippen LogP) is -1.58. The van der Waals surface area contributed by atoms with E-state index in [-0.39, 0.29) is 42.6 Å². The molecule has 0 aromatic carbocycles. The van der Waals surface area contributed by atoms with Crippen LogP contribution in [0.4, 0.5) is 0 Å². The third-order valence-electron chi connectivity index (χ3n) is 1.79. The van der Waals surface area contributed by atoms with Crippen LogP contribution in [0.15, 0.2) is 39.7 Å². The molecule has 0 amide bonds. The summed E-state index contributed by atoms with van der Waals surface area (Å²) in [6.45, 7) is 6.95. The van der Waals surface area contributed by atoms with Crippen molar-refractivity contribution in [1.82, 2.24) is 14.1 Å². The summed E-state index contributed by atoms with van der Waals surface area (Å²) in [7, 11) is 0. The molecule has 7 heteroatoms. The van der Waals surface area contributed by atoms with E-state index < -0.39 is 17.1 Å². The van der Waals surface area contributed by atoms with Gasteiger partial charge in [-0.05, 0) is 0 Å². The van der Waals surface area contributed by atoms with E-state index in [1.807, 2.05) is 4.98 Å². The first-order valence-electron chi connectivity index (χ1n) is 4.27. The maximum atomic E-state index is 11.6. The van der Waals surface area contributed by atoms with Gasteiger partial charge in [-0.25, -0.2) is 23.5 Å². The molecule has 0 unspecified atom stereocenters. The van der Waals surface area contributed by atoms with Crippen LogP contribution < -0.4 is 17.1 Å². The van der Waals surface area contributed by atoms with Crippen molar-refractivity contribution in [3.8, 4) is 0 Å². The monoisotopic (exact) mass is 233 g/mol. The van der Waals surface area contributed by atoms with Gasteiger partial charge in [-0.2, -0.15) is 0 Å². The first-order valence-corrected chi connectivity index (χ1v) is 4.27. The molecule has 1 aromatic heterocycles. The Morgan fingerprint density at radius 3 is 1.69 bits per heavy atom. The molecular formula is C9H12N3NaO3. The molecule has 0 atom stereocenters. The van der Waals surface area contributed by atoms with Crippen molar-refractivity contribution in [3.63, 3.8) is 0 Å². The summed E-state index contributed by atoms with van der Waals surface area (Å²) in [5, 5.41) is 0. The van der Waals surface area contributed by atoms with Crippen LogP contribution in [-0.4, -0.2) is 43.7 Å². The Morgan fingerprint density at radius 1 is 1.00 bits per heavy atom. The number of rotatable bonds is 4. The summed E-state index contributed by atoms with van der Waals surface area (Å²) < 4.78 is 1.77. The number of hydrogen-bond donors (Lipinski definition) is 1. The van der Waals surface area contributed by atoms with E-state index in [9.17, 15) is 14.4 Å². The maximum absolute atomic E-state index is 11.6. The number of nitrogens with one attached hydrogen (secondary N) is 1. The summed E-state index contributed by atoms with van der Waals surface area (Å²) in [6, 6.07) is 0. The van der Waals surface area contributed by atoms with E-state index in [1.54, 1.807) is 0 Å². The van der Waals surface area contributed by atoms with Gasteiger partial charge in [0.2, 0.25) is 0 Å². The topological polar surface area (TPSA) is 76.9 Å². The van der Waals surface area contributed by atoms with Gasteiger partial charge >= 0.3 is 46.6 Å². The fourth-order valence-corrected chi connectivity index (χ4v) is 1.13. The fourth-order valence-electron chi connectivity index (χ4n) is 1.13. The van der Waals surface area contributed by atoms with E-state index in [4.69, 9.17) is 0 Å². The molecule has 0 aliphatic rings. The second-order valence-electron chi connectivity index (χ2n) is 2.82. The molecule has 1 aromatic rings. The van der Waals surface area contributed by atoms with Crippen molar-refractivity contribution >= 4 is 29.6 Å². The Morgan fingerprint density at radius 2 is 1.38 bits per heavy atom. The van der Waals surface area contributed by atoms with Gasteiger partial charge in [-0.3, -0.25) is 4.98 Å². The molecule has 1 rings (SSSR count). The Hall–Kier alpha value is -1.11. The van der Waals surface area contributed by atoms with Crippen molar-refractivity contribution in [2.75, 3.05) is 0 Å². The molecule has 1 N–H and O–H groups in total. The average Bonchev–Trinajstić information content (AvgIpc) is 2.19. The van der Waals surface area contributed by atoms with Crippen LogP contribution in [0.2, 0.25) is 0 Å². The Kier molecular flexibility index (Phi) is 6.02. The Balaban J connectivity index is 0.00000225. The molecule has 0 aliphatic heterocycles. The van der Waals surface area contributed by atoms with E-state index in [0.717, 1.165) is 9.13 Å². The Bertz CT molecular complexity index is 507. The van der Waals surface area contributed by atoms with Crippen molar-refractivity contribution in [2.45, 2.75) is 13.1 Å². The van der Waals surface area contributed by atoms with Crippen LogP contribution >= 0.6 is 0 Å². The molecule has 0 radical (unpaired) electrons. The third kappa shape index (κ3) is 2.94. The average molecular weight is 233 g/mol. The van der Waals surface area contributed by atoms with Gasteiger partial charge in [-0.1, -0.05) is 12.2 Å². The molecule has 0 saturated heterocycles. The zero-order valence-electron chi connectivity index (χ0n) is 8.10. The van der Waals surface area contributed by atoms with Crippen LogP contribution in [0.5, 0.6) is 0 Å². The van der Waals surface area contributed by atoms with Gasteiger partial charge in [0.05, 0.1) is 13.1 Å². The van der Waals surface area contributed by atoms with Crippen LogP contribution in [0.3, 0.4) is 0 Å². The van der Waals surface area contributed by atoms with Gasteiger partial charge in [0.1, 0.15) is 0 Å². The standard InChI is InChI=1S/C9H11N3O3.Na.H/c1-3-5-11-7(13)10-8(14)12(6-4-2)9(11)15;;/h3-4H,1-2,5-6H2,(H,10,13,14);;. The van der Waals surface area contributed by atoms with Crippen LogP contribution in [0.1, 0.15) is 0 Å². The van der Waals surface area contributed by atoms with Gasteiger partial charge in [0.25, 0.3) is 0 Å². The van der Waals surface area contributed by atoms with Crippen molar-refractivity contribution in [1.29, 1.82) is 0 Å². The van der Waals surface area contributed by atoms with Gasteiger partial charge in [0.15, 0.2) is 0 Å². The molecule has 0 fully saturated rings. The number of aromatic amines is 1. The van der Waals surface area contributed by atoms with Gasteiger partial charge < -0.3 is 0 Å². The predicted molar refractivity (Wildman–Crippen MR) is 63.1 cm³/mol. The van der Waals surface area contributed by atoms with Crippen LogP contribution in [0.25, 0.3) is 0 Å². The zero-order chi connectivity index (χ0) is 11.4. The molecule has 82 valence electrons. The van der Waals surface area contributed by atoms with Crippen molar-refractivity contribution in [3.05, 3.63) is 56.8 Å². The molecule has 1 heterocycles. The quantitative estimate of drug-likeness (QED) is 0.503. The zero-order valence-corrected chi connectivity index (χ0v) is 8.10. The summed E-state index contributed by atoms with van der Waals surface area (Å²) in [6.07, 6.45) is 2.80. The van der Waals surface area contributed by atoms with E-state index >= 15 is 0 Å².